The molecule has 1 rings (SSSR count). The van der Waals surface area contributed by atoms with E-state index in [4.69, 9.17) is 0 Å². The van der Waals surface area contributed by atoms with Crippen LogP contribution in [0.25, 0.3) is 0 Å². The van der Waals surface area contributed by atoms with Crippen LogP contribution in [0.5, 0.6) is 0 Å². The van der Waals surface area contributed by atoms with Crippen LogP contribution in [0.2, 0.25) is 0 Å². The second-order valence-corrected chi connectivity index (χ2v) is 2.93. The molecule has 0 saturated carbocycles. The molecular weight excluding hydrogens is 216 g/mol. The van der Waals surface area contributed by atoms with Crippen LogP contribution in [-0.4, -0.2) is 17.0 Å². The summed E-state index contributed by atoms with van der Waals surface area (Å²) in [6, 6.07) is 1.05. The summed E-state index contributed by atoms with van der Waals surface area (Å²) >= 11 is 0. The standard InChI is InChI=1S/C9H8F4O2/c1-2-8(10,9(11,12)13)7(14)6-3-4-15-5-6/h2-5,7,14H,1H2/t7-,8+/m0/s1. The van der Waals surface area contributed by atoms with Gasteiger partial charge >= 0.3 is 6.18 Å². The zero-order chi connectivity index (χ0) is 11.7. The van der Waals surface area contributed by atoms with E-state index in [-0.39, 0.29) is 11.6 Å². The molecule has 0 bridgehead atoms. The van der Waals surface area contributed by atoms with Gasteiger partial charge in [0.25, 0.3) is 5.67 Å². The lowest BCUT2D eigenvalue weighted by molar-refractivity contribution is -0.241. The maximum absolute atomic E-state index is 13.4. The van der Waals surface area contributed by atoms with E-state index in [1.807, 2.05) is 0 Å². The molecule has 1 heterocycles. The van der Waals surface area contributed by atoms with Crippen LogP contribution in [0.15, 0.2) is 35.7 Å². The van der Waals surface area contributed by atoms with E-state index in [0.29, 0.717) is 0 Å². The lowest BCUT2D eigenvalue weighted by Crippen LogP contribution is -2.44. The predicted octanol–water partition coefficient (Wildman–Crippen LogP) is 2.77. The maximum atomic E-state index is 13.4. The van der Waals surface area contributed by atoms with Crippen molar-refractivity contribution in [3.05, 3.63) is 36.8 Å². The minimum Gasteiger partial charge on any atom is -0.472 e. The SMILES string of the molecule is C=C[C@@](F)([C@@H](O)c1ccoc1)C(F)(F)F. The molecule has 0 amide bonds. The van der Waals surface area contributed by atoms with Gasteiger partial charge in [-0.15, -0.1) is 0 Å². The van der Waals surface area contributed by atoms with E-state index in [1.165, 1.54) is 0 Å². The zero-order valence-electron chi connectivity index (χ0n) is 7.46. The van der Waals surface area contributed by atoms with Crippen LogP contribution in [0.4, 0.5) is 17.6 Å². The third kappa shape index (κ3) is 1.90. The van der Waals surface area contributed by atoms with Gasteiger partial charge in [0.2, 0.25) is 0 Å². The van der Waals surface area contributed by atoms with Gasteiger partial charge in [0.1, 0.15) is 6.10 Å². The summed E-state index contributed by atoms with van der Waals surface area (Å²) in [5, 5.41) is 9.24. The molecule has 1 aromatic heterocycles. The van der Waals surface area contributed by atoms with Gasteiger partial charge in [-0.3, -0.25) is 0 Å². The van der Waals surface area contributed by atoms with Crippen molar-refractivity contribution in [2.24, 2.45) is 0 Å². The van der Waals surface area contributed by atoms with Gasteiger partial charge in [-0.1, -0.05) is 6.58 Å². The number of alkyl halides is 4. The molecule has 84 valence electrons. The number of aliphatic hydroxyl groups excluding tert-OH is 1. The number of hydrogen-bond donors (Lipinski definition) is 1. The average molecular weight is 224 g/mol. The minimum atomic E-state index is -5.23. The lowest BCUT2D eigenvalue weighted by Gasteiger charge is -2.28. The third-order valence-corrected chi connectivity index (χ3v) is 1.99. The van der Waals surface area contributed by atoms with E-state index < -0.39 is 17.9 Å². The van der Waals surface area contributed by atoms with Crippen LogP contribution in [0.3, 0.4) is 0 Å². The second kappa shape index (κ2) is 3.69. The highest BCUT2D eigenvalue weighted by Crippen LogP contribution is 2.44. The Bertz CT molecular complexity index is 330. The Hall–Kier alpha value is -1.30. The number of furan rings is 1. The van der Waals surface area contributed by atoms with Crippen molar-refractivity contribution in [2.45, 2.75) is 17.9 Å². The largest absolute Gasteiger partial charge is 0.472 e. The van der Waals surface area contributed by atoms with E-state index in [1.54, 1.807) is 0 Å². The highest BCUT2D eigenvalue weighted by atomic mass is 19.4. The maximum Gasteiger partial charge on any atom is 0.429 e. The van der Waals surface area contributed by atoms with Crippen LogP contribution < -0.4 is 0 Å². The van der Waals surface area contributed by atoms with Crippen molar-refractivity contribution < 1.29 is 27.1 Å². The first kappa shape index (κ1) is 11.8. The lowest BCUT2D eigenvalue weighted by atomic mass is 9.94. The van der Waals surface area contributed by atoms with Gasteiger partial charge in [0.15, 0.2) is 0 Å². The fraction of sp³-hybridized carbons (Fsp3) is 0.333. The van der Waals surface area contributed by atoms with Crippen molar-refractivity contribution in [1.29, 1.82) is 0 Å². The number of hydrogen-bond acceptors (Lipinski definition) is 2. The highest BCUT2D eigenvalue weighted by molar-refractivity contribution is 5.20. The molecule has 0 radical (unpaired) electrons. The predicted molar refractivity (Wildman–Crippen MR) is 43.8 cm³/mol. The van der Waals surface area contributed by atoms with Crippen LogP contribution in [-0.2, 0) is 0 Å². The Morgan fingerprint density at radius 3 is 2.33 bits per heavy atom. The first-order valence-corrected chi connectivity index (χ1v) is 3.92. The fourth-order valence-corrected chi connectivity index (χ4v) is 1.06. The highest BCUT2D eigenvalue weighted by Gasteiger charge is 2.59. The first-order chi connectivity index (χ1) is 6.83. The molecule has 1 aromatic rings. The summed E-state index contributed by atoms with van der Waals surface area (Å²) in [5.74, 6) is 0. The molecule has 15 heavy (non-hydrogen) atoms. The van der Waals surface area contributed by atoms with Gasteiger partial charge in [-0.05, 0) is 12.1 Å². The molecule has 2 nitrogen and oxygen atoms in total. The molecule has 2 atom stereocenters. The average Bonchev–Trinajstić information content (AvgIpc) is 2.66. The summed E-state index contributed by atoms with van der Waals surface area (Å²) in [6.45, 7) is 2.74. The quantitative estimate of drug-likeness (QED) is 0.632. The summed E-state index contributed by atoms with van der Waals surface area (Å²) in [4.78, 5) is 0. The molecule has 0 unspecified atom stereocenters. The first-order valence-electron chi connectivity index (χ1n) is 3.92. The van der Waals surface area contributed by atoms with Crippen molar-refractivity contribution in [2.75, 3.05) is 0 Å². The Morgan fingerprint density at radius 1 is 1.40 bits per heavy atom. The van der Waals surface area contributed by atoms with Crippen molar-refractivity contribution in [3.8, 4) is 0 Å². The number of aliphatic hydroxyl groups is 1. The molecule has 6 heteroatoms. The van der Waals surface area contributed by atoms with E-state index in [0.717, 1.165) is 18.6 Å². The minimum absolute atomic E-state index is 0.0324. The summed E-state index contributed by atoms with van der Waals surface area (Å²) in [7, 11) is 0. The topological polar surface area (TPSA) is 33.4 Å². The van der Waals surface area contributed by atoms with E-state index >= 15 is 0 Å². The molecule has 0 fully saturated rings. The van der Waals surface area contributed by atoms with Crippen LogP contribution in [0.1, 0.15) is 11.7 Å². The third-order valence-electron chi connectivity index (χ3n) is 1.99. The molecule has 0 aliphatic heterocycles. The number of halogens is 4. The van der Waals surface area contributed by atoms with E-state index in [9.17, 15) is 22.7 Å². The van der Waals surface area contributed by atoms with Gasteiger partial charge in [0.05, 0.1) is 12.5 Å². The molecular formula is C9H8F4O2. The van der Waals surface area contributed by atoms with Crippen molar-refractivity contribution >= 4 is 0 Å². The Morgan fingerprint density at radius 2 is 2.00 bits per heavy atom. The molecule has 1 N–H and O–H groups in total. The Labute approximate surface area is 82.8 Å². The van der Waals surface area contributed by atoms with Gasteiger partial charge in [-0.2, -0.15) is 13.2 Å². The Balaban J connectivity index is 3.08. The molecule has 0 aliphatic carbocycles. The fourth-order valence-electron chi connectivity index (χ4n) is 1.06. The van der Waals surface area contributed by atoms with Gasteiger partial charge < -0.3 is 9.52 Å². The van der Waals surface area contributed by atoms with Gasteiger partial charge in [-0.25, -0.2) is 4.39 Å². The van der Waals surface area contributed by atoms with Crippen LogP contribution >= 0.6 is 0 Å². The number of rotatable bonds is 3. The van der Waals surface area contributed by atoms with Crippen LogP contribution in [0, 0.1) is 0 Å². The normalized spacial score (nSPS) is 18.2. The zero-order valence-corrected chi connectivity index (χ0v) is 7.46. The van der Waals surface area contributed by atoms with Crippen molar-refractivity contribution in [3.63, 3.8) is 0 Å². The monoisotopic (exact) mass is 224 g/mol. The van der Waals surface area contributed by atoms with Crippen molar-refractivity contribution in [1.82, 2.24) is 0 Å². The van der Waals surface area contributed by atoms with E-state index in [2.05, 4.69) is 11.0 Å². The summed E-state index contributed by atoms with van der Waals surface area (Å²) < 4.78 is 54.8. The summed E-state index contributed by atoms with van der Waals surface area (Å²) in [5.41, 5.74) is -4.17. The smallest absolute Gasteiger partial charge is 0.429 e. The van der Waals surface area contributed by atoms with Gasteiger partial charge in [0, 0.05) is 5.56 Å². The summed E-state index contributed by atoms with van der Waals surface area (Å²) in [6.07, 6.45) is -5.70. The second-order valence-electron chi connectivity index (χ2n) is 2.93. The molecule has 0 saturated heterocycles. The molecule has 0 aromatic carbocycles. The Kier molecular flexibility index (Phi) is 2.90. The molecule has 0 aliphatic rings. The molecule has 0 spiro atoms.